The van der Waals surface area contributed by atoms with Gasteiger partial charge in [-0.2, -0.15) is 0 Å². The number of carbonyl (C=O) groups excluding carboxylic acids is 1. The zero-order chi connectivity index (χ0) is 13.8. The Morgan fingerprint density at radius 2 is 2.00 bits per heavy atom. The van der Waals surface area contributed by atoms with Crippen LogP contribution in [0.15, 0.2) is 35.4 Å². The summed E-state index contributed by atoms with van der Waals surface area (Å²) in [7, 11) is 3.03. The summed E-state index contributed by atoms with van der Waals surface area (Å²) in [6, 6.07) is 4.90. The Labute approximate surface area is 109 Å². The van der Waals surface area contributed by atoms with Crippen LogP contribution in [0.1, 0.15) is 10.4 Å². The number of nitrogens with zero attached hydrogens (tertiary/aromatic N) is 1. The SMILES string of the molecule is COc1ccc(C(=O)Cn2cc[nH]c2=O)cc1OC. The molecule has 0 unspecified atom stereocenters. The fraction of sp³-hybridized carbons (Fsp3) is 0.231. The largest absolute Gasteiger partial charge is 0.493 e. The first-order valence-electron chi connectivity index (χ1n) is 5.64. The first kappa shape index (κ1) is 12.9. The molecule has 19 heavy (non-hydrogen) atoms. The van der Waals surface area contributed by atoms with Gasteiger partial charge in [0.05, 0.1) is 20.8 Å². The normalized spacial score (nSPS) is 10.2. The highest BCUT2D eigenvalue weighted by Crippen LogP contribution is 2.27. The van der Waals surface area contributed by atoms with Crippen LogP contribution in [0.5, 0.6) is 11.5 Å². The van der Waals surface area contributed by atoms with E-state index in [1.54, 1.807) is 18.2 Å². The van der Waals surface area contributed by atoms with Crippen LogP contribution >= 0.6 is 0 Å². The van der Waals surface area contributed by atoms with E-state index in [0.717, 1.165) is 0 Å². The van der Waals surface area contributed by atoms with Crippen molar-refractivity contribution in [1.82, 2.24) is 9.55 Å². The number of rotatable bonds is 5. The van der Waals surface area contributed by atoms with Crippen LogP contribution in [-0.2, 0) is 6.54 Å². The van der Waals surface area contributed by atoms with Gasteiger partial charge in [0.2, 0.25) is 0 Å². The minimum absolute atomic E-state index is 0.0161. The Morgan fingerprint density at radius 3 is 2.58 bits per heavy atom. The van der Waals surface area contributed by atoms with E-state index in [2.05, 4.69) is 4.98 Å². The molecule has 0 radical (unpaired) electrons. The molecule has 0 atom stereocenters. The van der Waals surface area contributed by atoms with Crippen LogP contribution < -0.4 is 15.2 Å². The smallest absolute Gasteiger partial charge is 0.325 e. The number of methoxy groups -OCH3 is 2. The lowest BCUT2D eigenvalue weighted by molar-refractivity contribution is 0.0970. The number of nitrogens with one attached hydrogen (secondary N) is 1. The standard InChI is InChI=1S/C13H14N2O4/c1-18-11-4-3-9(7-12(11)19-2)10(16)8-15-6-5-14-13(15)17/h3-7H,8H2,1-2H3,(H,14,17). The van der Waals surface area contributed by atoms with Crippen LogP contribution in [0.4, 0.5) is 0 Å². The molecule has 0 aliphatic carbocycles. The minimum atomic E-state index is -0.311. The molecule has 0 aliphatic rings. The first-order valence-corrected chi connectivity index (χ1v) is 5.64. The number of ketones is 1. The Bertz CT molecular complexity index is 642. The lowest BCUT2D eigenvalue weighted by atomic mass is 10.1. The van der Waals surface area contributed by atoms with Crippen molar-refractivity contribution in [3.63, 3.8) is 0 Å². The van der Waals surface area contributed by atoms with Crippen molar-refractivity contribution >= 4 is 5.78 Å². The van der Waals surface area contributed by atoms with Gasteiger partial charge in [-0.3, -0.25) is 9.36 Å². The second kappa shape index (κ2) is 5.43. The van der Waals surface area contributed by atoms with Crippen molar-refractivity contribution in [3.8, 4) is 11.5 Å². The maximum atomic E-state index is 12.1. The van der Waals surface area contributed by atoms with Crippen LogP contribution in [-0.4, -0.2) is 29.6 Å². The molecule has 2 rings (SSSR count). The number of H-pyrrole nitrogens is 1. The lowest BCUT2D eigenvalue weighted by Gasteiger charge is -2.09. The number of hydrogen-bond donors (Lipinski definition) is 1. The maximum Gasteiger partial charge on any atom is 0.325 e. The van der Waals surface area contributed by atoms with E-state index in [1.165, 1.54) is 31.2 Å². The molecule has 1 aromatic carbocycles. The number of aromatic nitrogens is 2. The number of Topliss-reactive ketones (excluding diaryl/α,β-unsaturated/α-hetero) is 1. The van der Waals surface area contributed by atoms with Crippen LogP contribution in [0.2, 0.25) is 0 Å². The molecule has 1 N–H and O–H groups in total. The van der Waals surface area contributed by atoms with Crippen LogP contribution in [0.25, 0.3) is 0 Å². The maximum absolute atomic E-state index is 12.1. The van der Waals surface area contributed by atoms with Gasteiger partial charge in [0, 0.05) is 18.0 Å². The summed E-state index contributed by atoms with van der Waals surface area (Å²) in [4.78, 5) is 25.9. The van der Waals surface area contributed by atoms with Gasteiger partial charge in [0.15, 0.2) is 17.3 Å². The predicted octanol–water partition coefficient (Wildman–Crippen LogP) is 1.08. The quantitative estimate of drug-likeness (QED) is 0.818. The lowest BCUT2D eigenvalue weighted by Crippen LogP contribution is -2.21. The fourth-order valence-electron chi connectivity index (χ4n) is 1.73. The second-order valence-electron chi connectivity index (χ2n) is 3.89. The van der Waals surface area contributed by atoms with Gasteiger partial charge in [0.1, 0.15) is 0 Å². The Morgan fingerprint density at radius 1 is 1.26 bits per heavy atom. The zero-order valence-electron chi connectivity index (χ0n) is 10.7. The van der Waals surface area contributed by atoms with Crippen molar-refractivity contribution in [2.45, 2.75) is 6.54 Å². The minimum Gasteiger partial charge on any atom is -0.493 e. The van der Waals surface area contributed by atoms with Gasteiger partial charge >= 0.3 is 5.69 Å². The number of carbonyl (C=O) groups is 1. The van der Waals surface area contributed by atoms with E-state index >= 15 is 0 Å². The van der Waals surface area contributed by atoms with Gasteiger partial charge in [0.25, 0.3) is 0 Å². The van der Waals surface area contributed by atoms with E-state index in [1.807, 2.05) is 0 Å². The molecule has 2 aromatic rings. The highest BCUT2D eigenvalue weighted by atomic mass is 16.5. The topological polar surface area (TPSA) is 73.3 Å². The monoisotopic (exact) mass is 262 g/mol. The third-order valence-corrected chi connectivity index (χ3v) is 2.74. The molecule has 0 saturated carbocycles. The molecule has 0 aliphatic heterocycles. The molecule has 6 heteroatoms. The van der Waals surface area contributed by atoms with Gasteiger partial charge in [-0.25, -0.2) is 4.79 Å². The summed E-state index contributed by atoms with van der Waals surface area (Å²) in [5, 5.41) is 0. The highest BCUT2D eigenvalue weighted by molar-refractivity contribution is 5.96. The van der Waals surface area contributed by atoms with Crippen molar-refractivity contribution in [1.29, 1.82) is 0 Å². The second-order valence-corrected chi connectivity index (χ2v) is 3.89. The van der Waals surface area contributed by atoms with Crippen LogP contribution in [0, 0.1) is 0 Å². The highest BCUT2D eigenvalue weighted by Gasteiger charge is 2.12. The number of ether oxygens (including phenoxy) is 2. The van der Waals surface area contributed by atoms with Crippen molar-refractivity contribution in [3.05, 3.63) is 46.6 Å². The molecular formula is C13H14N2O4. The third-order valence-electron chi connectivity index (χ3n) is 2.74. The summed E-state index contributed by atoms with van der Waals surface area (Å²) < 4.78 is 11.5. The average Bonchev–Trinajstić information content (AvgIpc) is 2.83. The van der Waals surface area contributed by atoms with Gasteiger partial charge in [-0.05, 0) is 18.2 Å². The molecule has 1 heterocycles. The number of imidazole rings is 1. The summed E-state index contributed by atoms with van der Waals surface area (Å²) in [6.07, 6.45) is 3.02. The van der Waals surface area contributed by atoms with E-state index < -0.39 is 0 Å². The third kappa shape index (κ3) is 2.67. The first-order chi connectivity index (χ1) is 9.15. The Kier molecular flexibility index (Phi) is 3.70. The molecule has 1 aromatic heterocycles. The summed E-state index contributed by atoms with van der Waals surface area (Å²) in [6.45, 7) is -0.0161. The molecule has 0 fully saturated rings. The summed E-state index contributed by atoms with van der Waals surface area (Å²) in [5.41, 5.74) is 0.152. The molecular weight excluding hydrogens is 248 g/mol. The Balaban J connectivity index is 2.24. The van der Waals surface area contributed by atoms with Crippen molar-refractivity contribution < 1.29 is 14.3 Å². The number of hydrogen-bond acceptors (Lipinski definition) is 4. The van der Waals surface area contributed by atoms with Gasteiger partial charge in [-0.15, -0.1) is 0 Å². The van der Waals surface area contributed by atoms with E-state index in [9.17, 15) is 9.59 Å². The number of benzene rings is 1. The predicted molar refractivity (Wildman–Crippen MR) is 68.9 cm³/mol. The Hall–Kier alpha value is -2.50. The van der Waals surface area contributed by atoms with Gasteiger partial charge in [-0.1, -0.05) is 0 Å². The average molecular weight is 262 g/mol. The molecule has 0 amide bonds. The summed E-state index contributed by atoms with van der Waals surface area (Å²) >= 11 is 0. The molecule has 0 spiro atoms. The molecule has 0 saturated heterocycles. The molecule has 6 nitrogen and oxygen atoms in total. The van der Waals surface area contributed by atoms with Crippen molar-refractivity contribution in [2.75, 3.05) is 14.2 Å². The van der Waals surface area contributed by atoms with E-state index in [-0.39, 0.29) is 18.0 Å². The van der Waals surface area contributed by atoms with E-state index in [4.69, 9.17) is 9.47 Å². The molecule has 0 bridgehead atoms. The fourth-order valence-corrected chi connectivity index (χ4v) is 1.73. The van der Waals surface area contributed by atoms with Gasteiger partial charge < -0.3 is 14.5 Å². The van der Waals surface area contributed by atoms with Crippen molar-refractivity contribution in [2.24, 2.45) is 0 Å². The molecule has 100 valence electrons. The van der Waals surface area contributed by atoms with Crippen LogP contribution in [0.3, 0.4) is 0 Å². The number of aromatic amines is 1. The van der Waals surface area contributed by atoms with E-state index in [0.29, 0.717) is 17.1 Å². The summed E-state index contributed by atoms with van der Waals surface area (Å²) in [5.74, 6) is 0.857. The zero-order valence-corrected chi connectivity index (χ0v) is 10.7.